The summed E-state index contributed by atoms with van der Waals surface area (Å²) in [6, 6.07) is 9.17. The van der Waals surface area contributed by atoms with Crippen LogP contribution in [0.2, 0.25) is 0 Å². The minimum Gasteiger partial charge on any atom is -0.352 e. The van der Waals surface area contributed by atoms with Crippen molar-refractivity contribution in [2.45, 2.75) is 19.3 Å². The number of carbonyl (C=O) groups excluding carboxylic acids is 2. The molecule has 1 heterocycles. The second-order valence-electron chi connectivity index (χ2n) is 5.38. The summed E-state index contributed by atoms with van der Waals surface area (Å²) >= 11 is 3.35. The Morgan fingerprint density at radius 1 is 1.36 bits per heavy atom. The molecule has 1 aliphatic heterocycles. The number of carbonyl (C=O) groups is 2. The molecule has 1 fully saturated rings. The van der Waals surface area contributed by atoms with E-state index >= 15 is 0 Å². The Balaban J connectivity index is 1.76. The topological polar surface area (TPSA) is 73.2 Å². The average Bonchev–Trinajstić information content (AvgIpc) is 2.53. The zero-order chi connectivity index (χ0) is 15.9. The van der Waals surface area contributed by atoms with Crippen molar-refractivity contribution in [2.24, 2.45) is 5.92 Å². The summed E-state index contributed by atoms with van der Waals surface area (Å²) < 4.78 is 0.879. The van der Waals surface area contributed by atoms with Gasteiger partial charge in [0.25, 0.3) is 5.91 Å². The van der Waals surface area contributed by atoms with E-state index in [-0.39, 0.29) is 18.2 Å². The Morgan fingerprint density at radius 3 is 2.73 bits per heavy atom. The smallest absolute Gasteiger partial charge is 0.251 e. The van der Waals surface area contributed by atoms with Crippen LogP contribution in [0.3, 0.4) is 0 Å². The van der Waals surface area contributed by atoms with Gasteiger partial charge in [0, 0.05) is 29.7 Å². The number of hydrogen-bond donors (Lipinski definition) is 1. The Bertz CT molecular complexity index is 589. The molecule has 6 heteroatoms. The second-order valence-corrected chi connectivity index (χ2v) is 6.30. The number of likely N-dealkylation sites (tertiary alicyclic amines) is 1. The van der Waals surface area contributed by atoms with Gasteiger partial charge in [-0.25, -0.2) is 0 Å². The lowest BCUT2D eigenvalue weighted by molar-refractivity contribution is -0.131. The fraction of sp³-hybridized carbons (Fsp3) is 0.438. The van der Waals surface area contributed by atoms with Crippen LogP contribution >= 0.6 is 15.9 Å². The first-order valence-corrected chi connectivity index (χ1v) is 8.08. The highest BCUT2D eigenvalue weighted by Gasteiger charge is 2.22. The van der Waals surface area contributed by atoms with Crippen LogP contribution in [0, 0.1) is 17.2 Å². The molecule has 0 atom stereocenters. The zero-order valence-corrected chi connectivity index (χ0v) is 13.8. The molecule has 2 amide bonds. The van der Waals surface area contributed by atoms with Crippen molar-refractivity contribution in [3.8, 4) is 6.07 Å². The standard InChI is InChI=1S/C16H18BrN3O2/c17-14-3-1-2-13(10-14)16(22)19-11-12-5-8-20(9-6-12)15(21)4-7-18/h1-3,10,12H,4-6,8-9,11H2,(H,19,22). The molecule has 5 nitrogen and oxygen atoms in total. The number of rotatable bonds is 4. The maximum atomic E-state index is 12.1. The van der Waals surface area contributed by atoms with Gasteiger partial charge in [-0.1, -0.05) is 22.0 Å². The first kappa shape index (κ1) is 16.5. The maximum absolute atomic E-state index is 12.1. The van der Waals surface area contributed by atoms with Crippen molar-refractivity contribution >= 4 is 27.7 Å². The predicted molar refractivity (Wildman–Crippen MR) is 86.0 cm³/mol. The van der Waals surface area contributed by atoms with Gasteiger partial charge < -0.3 is 10.2 Å². The monoisotopic (exact) mass is 363 g/mol. The van der Waals surface area contributed by atoms with Crippen LogP contribution in [0.4, 0.5) is 0 Å². The van der Waals surface area contributed by atoms with Gasteiger partial charge in [0.05, 0.1) is 6.07 Å². The van der Waals surface area contributed by atoms with E-state index in [9.17, 15) is 9.59 Å². The van der Waals surface area contributed by atoms with E-state index in [1.807, 2.05) is 18.2 Å². The van der Waals surface area contributed by atoms with Gasteiger partial charge in [0.2, 0.25) is 5.91 Å². The number of piperidine rings is 1. The Morgan fingerprint density at radius 2 is 2.09 bits per heavy atom. The highest BCUT2D eigenvalue weighted by molar-refractivity contribution is 9.10. The van der Waals surface area contributed by atoms with Crippen molar-refractivity contribution < 1.29 is 9.59 Å². The van der Waals surface area contributed by atoms with E-state index in [1.165, 1.54) is 0 Å². The molecule has 0 spiro atoms. The number of nitrogens with one attached hydrogen (secondary N) is 1. The van der Waals surface area contributed by atoms with Gasteiger partial charge in [0.15, 0.2) is 0 Å². The molecule has 1 saturated heterocycles. The van der Waals surface area contributed by atoms with Crippen molar-refractivity contribution in [1.29, 1.82) is 5.26 Å². The van der Waals surface area contributed by atoms with Crippen LogP contribution < -0.4 is 5.32 Å². The first-order valence-electron chi connectivity index (χ1n) is 7.28. The summed E-state index contributed by atoms with van der Waals surface area (Å²) in [5.41, 5.74) is 0.635. The Labute approximate surface area is 138 Å². The average molecular weight is 364 g/mol. The molecule has 116 valence electrons. The summed E-state index contributed by atoms with van der Waals surface area (Å²) in [5, 5.41) is 11.5. The summed E-state index contributed by atoms with van der Waals surface area (Å²) in [4.78, 5) is 25.4. The molecule has 22 heavy (non-hydrogen) atoms. The Hall–Kier alpha value is -1.87. The van der Waals surface area contributed by atoms with Crippen LogP contribution in [-0.4, -0.2) is 36.3 Å². The van der Waals surface area contributed by atoms with Crippen LogP contribution in [0.1, 0.15) is 29.6 Å². The van der Waals surface area contributed by atoms with Crippen LogP contribution in [0.25, 0.3) is 0 Å². The quantitative estimate of drug-likeness (QED) is 0.891. The van der Waals surface area contributed by atoms with E-state index < -0.39 is 0 Å². The molecule has 1 aromatic carbocycles. The van der Waals surface area contributed by atoms with Crippen molar-refractivity contribution in [3.05, 3.63) is 34.3 Å². The van der Waals surface area contributed by atoms with Crippen LogP contribution in [0.15, 0.2) is 28.7 Å². The van der Waals surface area contributed by atoms with E-state index in [0.29, 0.717) is 31.1 Å². The highest BCUT2D eigenvalue weighted by atomic mass is 79.9. The summed E-state index contributed by atoms with van der Waals surface area (Å²) in [6.45, 7) is 1.95. The zero-order valence-electron chi connectivity index (χ0n) is 12.2. The third kappa shape index (κ3) is 4.57. The molecule has 0 bridgehead atoms. The summed E-state index contributed by atoms with van der Waals surface area (Å²) in [7, 11) is 0. The fourth-order valence-corrected chi connectivity index (χ4v) is 2.93. The lowest BCUT2D eigenvalue weighted by Gasteiger charge is -2.31. The number of halogens is 1. The Kier molecular flexibility index (Phi) is 5.96. The third-order valence-corrected chi connectivity index (χ3v) is 4.33. The summed E-state index contributed by atoms with van der Waals surface area (Å²) in [5.74, 6) is 0.200. The molecular weight excluding hydrogens is 346 g/mol. The van der Waals surface area contributed by atoms with E-state index in [4.69, 9.17) is 5.26 Å². The number of benzene rings is 1. The van der Waals surface area contributed by atoms with Gasteiger partial charge in [-0.15, -0.1) is 0 Å². The largest absolute Gasteiger partial charge is 0.352 e. The molecule has 0 saturated carbocycles. The maximum Gasteiger partial charge on any atom is 0.251 e. The lowest BCUT2D eigenvalue weighted by Crippen LogP contribution is -2.41. The number of nitriles is 1. The predicted octanol–water partition coefficient (Wildman–Crippen LogP) is 2.33. The van der Waals surface area contributed by atoms with Crippen LogP contribution in [0.5, 0.6) is 0 Å². The summed E-state index contributed by atoms with van der Waals surface area (Å²) in [6.07, 6.45) is 1.66. The molecule has 2 rings (SSSR count). The molecule has 0 aromatic heterocycles. The van der Waals surface area contributed by atoms with Gasteiger partial charge >= 0.3 is 0 Å². The third-order valence-electron chi connectivity index (χ3n) is 3.84. The molecule has 1 aliphatic rings. The van der Waals surface area contributed by atoms with Gasteiger partial charge in [0.1, 0.15) is 6.42 Å². The highest BCUT2D eigenvalue weighted by Crippen LogP contribution is 2.17. The van der Waals surface area contributed by atoms with Gasteiger partial charge in [-0.2, -0.15) is 5.26 Å². The molecule has 0 unspecified atom stereocenters. The fourth-order valence-electron chi connectivity index (χ4n) is 2.53. The molecular formula is C16H18BrN3O2. The second kappa shape index (κ2) is 7.95. The molecule has 1 aromatic rings. The first-order chi connectivity index (χ1) is 10.6. The van der Waals surface area contributed by atoms with E-state index in [2.05, 4.69) is 21.2 Å². The number of amides is 2. The van der Waals surface area contributed by atoms with Crippen molar-refractivity contribution in [2.75, 3.05) is 19.6 Å². The van der Waals surface area contributed by atoms with Gasteiger partial charge in [-0.3, -0.25) is 9.59 Å². The SMILES string of the molecule is N#CCC(=O)N1CCC(CNC(=O)c2cccc(Br)c2)CC1. The molecule has 0 aliphatic carbocycles. The molecule has 0 radical (unpaired) electrons. The van der Waals surface area contributed by atoms with E-state index in [1.54, 1.807) is 17.0 Å². The van der Waals surface area contributed by atoms with Crippen LogP contribution in [-0.2, 0) is 4.79 Å². The number of hydrogen-bond acceptors (Lipinski definition) is 3. The minimum absolute atomic E-state index is 0.0513. The number of nitrogens with zero attached hydrogens (tertiary/aromatic N) is 2. The van der Waals surface area contributed by atoms with Crippen molar-refractivity contribution in [3.63, 3.8) is 0 Å². The molecule has 1 N–H and O–H groups in total. The van der Waals surface area contributed by atoms with Gasteiger partial charge in [-0.05, 0) is 37.0 Å². The lowest BCUT2D eigenvalue weighted by atomic mass is 9.96. The minimum atomic E-state index is -0.0980. The normalized spacial score (nSPS) is 15.2. The van der Waals surface area contributed by atoms with E-state index in [0.717, 1.165) is 17.3 Å². The van der Waals surface area contributed by atoms with Crippen molar-refractivity contribution in [1.82, 2.24) is 10.2 Å².